The Labute approximate surface area is 153 Å². The number of anilines is 1. The average Bonchev–Trinajstić information content (AvgIpc) is 2.81. The number of rotatable bonds is 3. The average molecular weight is 380 g/mol. The number of benzene rings is 2. The van der Waals surface area contributed by atoms with E-state index in [4.69, 9.17) is 27.9 Å². The molecule has 2 aromatic carbocycles. The number of nitrogens with zero attached hydrogens (tertiary/aromatic N) is 1. The molecule has 122 valence electrons. The molecular formula is C17H11Cl2NO3S. The second-order valence-electron chi connectivity index (χ2n) is 4.89. The predicted molar refractivity (Wildman–Crippen MR) is 97.9 cm³/mol. The fourth-order valence-electron chi connectivity index (χ4n) is 2.23. The van der Waals surface area contributed by atoms with Gasteiger partial charge in [-0.2, -0.15) is 0 Å². The maximum atomic E-state index is 12.6. The van der Waals surface area contributed by atoms with E-state index in [2.05, 4.69) is 0 Å². The van der Waals surface area contributed by atoms with Crippen LogP contribution in [0.3, 0.4) is 0 Å². The lowest BCUT2D eigenvalue weighted by Gasteiger charge is -2.12. The number of hydrogen-bond acceptors (Lipinski definition) is 4. The Bertz CT molecular complexity index is 867. The molecule has 0 aliphatic carbocycles. The van der Waals surface area contributed by atoms with Gasteiger partial charge in [-0.3, -0.25) is 9.59 Å². The SMILES string of the molecule is COc1ccc(/C=C2\SC(=O)N(c3cccc(Cl)c3)C2=O)cc1Cl. The molecule has 24 heavy (non-hydrogen) atoms. The van der Waals surface area contributed by atoms with Crippen molar-refractivity contribution in [2.45, 2.75) is 0 Å². The summed E-state index contributed by atoms with van der Waals surface area (Å²) >= 11 is 12.9. The number of imide groups is 1. The molecule has 0 bridgehead atoms. The number of hydrogen-bond donors (Lipinski definition) is 0. The Balaban J connectivity index is 1.92. The quantitative estimate of drug-likeness (QED) is 0.683. The lowest BCUT2D eigenvalue weighted by Crippen LogP contribution is -2.27. The van der Waals surface area contributed by atoms with Gasteiger partial charge in [0.25, 0.3) is 11.1 Å². The molecule has 0 spiro atoms. The Morgan fingerprint density at radius 2 is 1.92 bits per heavy atom. The molecule has 4 nitrogen and oxygen atoms in total. The molecule has 2 amide bonds. The topological polar surface area (TPSA) is 46.6 Å². The molecule has 0 radical (unpaired) electrons. The zero-order valence-corrected chi connectivity index (χ0v) is 14.8. The van der Waals surface area contributed by atoms with Crippen LogP contribution in [-0.2, 0) is 4.79 Å². The number of ether oxygens (including phenoxy) is 1. The second kappa shape index (κ2) is 6.89. The number of methoxy groups -OCH3 is 1. The van der Waals surface area contributed by atoms with Crippen LogP contribution in [0.5, 0.6) is 5.75 Å². The molecule has 0 aromatic heterocycles. The van der Waals surface area contributed by atoms with Gasteiger partial charge in [0.1, 0.15) is 5.75 Å². The van der Waals surface area contributed by atoms with Crippen LogP contribution >= 0.6 is 35.0 Å². The first-order valence-corrected chi connectivity index (χ1v) is 8.44. The third-order valence-corrected chi connectivity index (χ3v) is 4.73. The fraction of sp³-hybridized carbons (Fsp3) is 0.0588. The van der Waals surface area contributed by atoms with E-state index in [0.717, 1.165) is 16.7 Å². The molecule has 0 unspecified atom stereocenters. The van der Waals surface area contributed by atoms with Gasteiger partial charge in [-0.15, -0.1) is 0 Å². The monoisotopic (exact) mass is 379 g/mol. The number of thioether (sulfide) groups is 1. The lowest BCUT2D eigenvalue weighted by atomic mass is 10.2. The van der Waals surface area contributed by atoms with Gasteiger partial charge >= 0.3 is 0 Å². The predicted octanol–water partition coefficient (Wildman–Crippen LogP) is 5.24. The van der Waals surface area contributed by atoms with Crippen molar-refractivity contribution in [1.29, 1.82) is 0 Å². The normalized spacial score (nSPS) is 16.1. The first kappa shape index (κ1) is 16.9. The number of halogens is 2. The molecule has 1 aliphatic rings. The summed E-state index contributed by atoms with van der Waals surface area (Å²) in [5.74, 6) is 0.153. The van der Waals surface area contributed by atoms with Crippen molar-refractivity contribution in [2.75, 3.05) is 12.0 Å². The van der Waals surface area contributed by atoms with E-state index in [1.807, 2.05) is 0 Å². The number of carbonyl (C=O) groups is 2. The molecule has 7 heteroatoms. The third-order valence-electron chi connectivity index (χ3n) is 3.33. The number of amides is 2. The molecule has 3 rings (SSSR count). The first-order valence-electron chi connectivity index (χ1n) is 6.86. The Morgan fingerprint density at radius 1 is 1.12 bits per heavy atom. The maximum absolute atomic E-state index is 12.6. The molecule has 0 N–H and O–H groups in total. The summed E-state index contributed by atoms with van der Waals surface area (Å²) in [5.41, 5.74) is 1.15. The smallest absolute Gasteiger partial charge is 0.298 e. The van der Waals surface area contributed by atoms with Gasteiger partial charge in [-0.1, -0.05) is 35.3 Å². The zero-order chi connectivity index (χ0) is 17.3. The minimum absolute atomic E-state index is 0.321. The summed E-state index contributed by atoms with van der Waals surface area (Å²) in [6.07, 6.45) is 1.63. The van der Waals surface area contributed by atoms with Crippen LogP contribution in [0, 0.1) is 0 Å². The zero-order valence-electron chi connectivity index (χ0n) is 12.5. The van der Waals surface area contributed by atoms with Crippen LogP contribution in [0.4, 0.5) is 10.5 Å². The van der Waals surface area contributed by atoms with Gasteiger partial charge in [0, 0.05) is 5.02 Å². The minimum Gasteiger partial charge on any atom is -0.495 e. The van der Waals surface area contributed by atoms with Crippen molar-refractivity contribution in [1.82, 2.24) is 0 Å². The highest BCUT2D eigenvalue weighted by Gasteiger charge is 2.36. The highest BCUT2D eigenvalue weighted by atomic mass is 35.5. The summed E-state index contributed by atoms with van der Waals surface area (Å²) in [4.78, 5) is 26.2. The largest absolute Gasteiger partial charge is 0.495 e. The third kappa shape index (κ3) is 3.29. The maximum Gasteiger partial charge on any atom is 0.298 e. The summed E-state index contributed by atoms with van der Waals surface area (Å²) in [6.45, 7) is 0. The summed E-state index contributed by atoms with van der Waals surface area (Å²) in [5, 5.41) is 0.519. The number of carbonyl (C=O) groups excluding carboxylic acids is 2. The molecule has 1 aliphatic heterocycles. The van der Waals surface area contributed by atoms with E-state index in [0.29, 0.717) is 32.0 Å². The molecular weight excluding hydrogens is 369 g/mol. The molecule has 0 saturated carbocycles. The Kier molecular flexibility index (Phi) is 4.85. The summed E-state index contributed by atoms with van der Waals surface area (Å²) in [7, 11) is 1.53. The van der Waals surface area contributed by atoms with E-state index in [-0.39, 0.29) is 11.1 Å². The fourth-order valence-corrected chi connectivity index (χ4v) is 3.52. The van der Waals surface area contributed by atoms with Gasteiger partial charge in [0.05, 0.1) is 22.7 Å². The van der Waals surface area contributed by atoms with Crippen molar-refractivity contribution in [2.24, 2.45) is 0 Å². The van der Waals surface area contributed by atoms with E-state index in [1.54, 1.807) is 48.5 Å². The van der Waals surface area contributed by atoms with Crippen molar-refractivity contribution in [3.63, 3.8) is 0 Å². The summed E-state index contributed by atoms with van der Waals surface area (Å²) < 4.78 is 5.09. The standard InChI is InChI=1S/C17H11Cl2NO3S/c1-23-14-6-5-10(7-13(14)19)8-15-16(21)20(17(22)24-15)12-4-2-3-11(18)9-12/h2-9H,1H3/b15-8-. The van der Waals surface area contributed by atoms with Crippen LogP contribution in [0.1, 0.15) is 5.56 Å². The highest BCUT2D eigenvalue weighted by molar-refractivity contribution is 8.19. The van der Waals surface area contributed by atoms with Crippen molar-refractivity contribution in [3.05, 3.63) is 63.0 Å². The van der Waals surface area contributed by atoms with Gasteiger partial charge in [0.2, 0.25) is 0 Å². The molecule has 2 aromatic rings. The minimum atomic E-state index is -0.390. The first-order chi connectivity index (χ1) is 11.5. The van der Waals surface area contributed by atoms with Crippen LogP contribution in [0.25, 0.3) is 6.08 Å². The van der Waals surface area contributed by atoms with Crippen LogP contribution < -0.4 is 9.64 Å². The van der Waals surface area contributed by atoms with Gasteiger partial charge in [0.15, 0.2) is 0 Å². The lowest BCUT2D eigenvalue weighted by molar-refractivity contribution is -0.113. The Morgan fingerprint density at radius 3 is 2.58 bits per heavy atom. The van der Waals surface area contributed by atoms with Crippen molar-refractivity contribution >= 4 is 57.9 Å². The Hall–Kier alpha value is -1.95. The van der Waals surface area contributed by atoms with Crippen LogP contribution in [-0.4, -0.2) is 18.3 Å². The van der Waals surface area contributed by atoms with Crippen LogP contribution in [0.2, 0.25) is 10.0 Å². The molecule has 1 fully saturated rings. The van der Waals surface area contributed by atoms with Gasteiger partial charge in [-0.25, -0.2) is 4.90 Å². The molecule has 0 atom stereocenters. The second-order valence-corrected chi connectivity index (χ2v) is 6.73. The van der Waals surface area contributed by atoms with Crippen molar-refractivity contribution in [3.8, 4) is 5.75 Å². The van der Waals surface area contributed by atoms with E-state index >= 15 is 0 Å². The van der Waals surface area contributed by atoms with Gasteiger partial charge in [-0.05, 0) is 53.7 Å². The highest BCUT2D eigenvalue weighted by Crippen LogP contribution is 2.37. The molecule has 1 saturated heterocycles. The van der Waals surface area contributed by atoms with Crippen molar-refractivity contribution < 1.29 is 14.3 Å². The van der Waals surface area contributed by atoms with Crippen LogP contribution in [0.15, 0.2) is 47.4 Å². The summed E-state index contributed by atoms with van der Waals surface area (Å²) in [6, 6.07) is 11.7. The van der Waals surface area contributed by atoms with Gasteiger partial charge < -0.3 is 4.74 Å². The molecule has 1 heterocycles. The van der Waals surface area contributed by atoms with E-state index in [1.165, 1.54) is 7.11 Å². The van der Waals surface area contributed by atoms with E-state index < -0.39 is 0 Å². The van der Waals surface area contributed by atoms with E-state index in [9.17, 15) is 9.59 Å².